The summed E-state index contributed by atoms with van der Waals surface area (Å²) in [4.78, 5) is 18.5. The number of methoxy groups -OCH3 is 1. The largest absolute Gasteiger partial charge is 0.497 e. The summed E-state index contributed by atoms with van der Waals surface area (Å²) in [5.41, 5.74) is 5.14. The van der Waals surface area contributed by atoms with Crippen molar-refractivity contribution in [1.82, 2.24) is 24.4 Å². The molecule has 3 aromatic carbocycles. The highest BCUT2D eigenvalue weighted by Gasteiger charge is 2.16. The highest BCUT2D eigenvalue weighted by molar-refractivity contribution is 7.15. The molecule has 8 nitrogen and oxygen atoms in total. The molecular weight excluding hydrogens is 522 g/mol. The van der Waals surface area contributed by atoms with Crippen molar-refractivity contribution in [3.05, 3.63) is 105 Å². The minimum absolute atomic E-state index is 0.217. The Morgan fingerprint density at radius 3 is 2.45 bits per heavy atom. The minimum Gasteiger partial charge on any atom is -0.497 e. The Morgan fingerprint density at radius 1 is 0.975 bits per heavy atom. The lowest BCUT2D eigenvalue weighted by Crippen LogP contribution is -2.23. The van der Waals surface area contributed by atoms with E-state index in [0.29, 0.717) is 21.9 Å². The molecule has 0 fully saturated rings. The average molecular weight is 550 g/mol. The molecule has 0 radical (unpaired) electrons. The zero-order valence-corrected chi connectivity index (χ0v) is 23.2. The molecule has 0 bridgehead atoms. The minimum atomic E-state index is -0.217. The van der Waals surface area contributed by atoms with Crippen LogP contribution in [-0.2, 0) is 0 Å². The predicted octanol–water partition coefficient (Wildman–Crippen LogP) is 5.32. The van der Waals surface area contributed by atoms with Crippen LogP contribution in [0.15, 0.2) is 83.8 Å². The van der Waals surface area contributed by atoms with E-state index in [2.05, 4.69) is 17.0 Å². The van der Waals surface area contributed by atoms with Crippen LogP contribution in [0.1, 0.15) is 24.5 Å². The normalized spacial score (nSPS) is 11.8. The molecule has 40 heavy (non-hydrogen) atoms. The first-order valence-electron chi connectivity index (χ1n) is 13.0. The molecule has 200 valence electrons. The van der Waals surface area contributed by atoms with Crippen molar-refractivity contribution >= 4 is 22.4 Å². The number of para-hydroxylation sites is 1. The Morgan fingerprint density at radius 2 is 1.75 bits per heavy atom. The Labute approximate surface area is 234 Å². The maximum atomic E-state index is 13.4. The number of benzene rings is 3. The average Bonchev–Trinajstić information content (AvgIpc) is 3.67. The molecule has 6 aromatic rings. The van der Waals surface area contributed by atoms with Crippen LogP contribution in [0.25, 0.3) is 39.4 Å². The lowest BCUT2D eigenvalue weighted by molar-refractivity contribution is 0.317. The number of fused-ring (bicyclic) bond motifs is 1. The lowest BCUT2D eigenvalue weighted by Gasteiger charge is -2.09. The Bertz CT molecular complexity index is 1910. The van der Waals surface area contributed by atoms with E-state index in [1.54, 1.807) is 7.11 Å². The molecule has 0 aliphatic rings. The number of aryl methyl sites for hydroxylation is 1. The van der Waals surface area contributed by atoms with Gasteiger partial charge in [0, 0.05) is 22.9 Å². The molecule has 0 saturated carbocycles. The number of hydrogen-bond donors (Lipinski definition) is 0. The van der Waals surface area contributed by atoms with Crippen molar-refractivity contribution < 1.29 is 9.47 Å². The van der Waals surface area contributed by atoms with E-state index in [1.807, 2.05) is 96.7 Å². The highest BCUT2D eigenvalue weighted by atomic mass is 32.1. The summed E-state index contributed by atoms with van der Waals surface area (Å²) in [6.45, 7) is 4.80. The van der Waals surface area contributed by atoms with E-state index >= 15 is 0 Å². The molecule has 3 aromatic heterocycles. The Hall–Kier alpha value is -4.76. The summed E-state index contributed by atoms with van der Waals surface area (Å²) >= 11 is 1.31. The summed E-state index contributed by atoms with van der Waals surface area (Å²) in [5, 5.41) is 9.43. The predicted molar refractivity (Wildman–Crippen MR) is 157 cm³/mol. The van der Waals surface area contributed by atoms with Gasteiger partial charge in [0.25, 0.3) is 5.56 Å². The molecule has 3 heterocycles. The summed E-state index contributed by atoms with van der Waals surface area (Å²) in [5.74, 6) is 2.07. The van der Waals surface area contributed by atoms with Gasteiger partial charge in [-0.1, -0.05) is 36.5 Å². The third-order valence-corrected chi connectivity index (χ3v) is 7.46. The SMILES string of the molecule is CCCOc1ccc(-c2nn(-c3ccccc3)cc2C=c2sc3nc(-c4ccc(OC)cc4)nn3c2=O)c(C)c1. The first-order valence-corrected chi connectivity index (χ1v) is 13.8. The Balaban J connectivity index is 1.44. The second kappa shape index (κ2) is 10.8. The number of nitrogens with zero attached hydrogens (tertiary/aromatic N) is 5. The fraction of sp³-hybridized carbons (Fsp3) is 0.161. The number of rotatable bonds is 8. The van der Waals surface area contributed by atoms with Gasteiger partial charge in [0.2, 0.25) is 4.96 Å². The fourth-order valence-electron chi connectivity index (χ4n) is 4.46. The molecule has 0 atom stereocenters. The Kier molecular flexibility index (Phi) is 6.88. The molecule has 0 amide bonds. The van der Waals surface area contributed by atoms with Crippen LogP contribution in [0, 0.1) is 6.92 Å². The van der Waals surface area contributed by atoms with Crippen LogP contribution in [0.4, 0.5) is 0 Å². The molecule has 0 N–H and O–H groups in total. The standard InChI is InChI=1S/C31H27N5O3S/c1-4-16-39-25-14-15-26(20(2)17-25)28-22(19-35(33-28)23-8-6-5-7-9-23)18-27-30(37)36-31(40-27)32-29(34-36)21-10-12-24(38-3)13-11-21/h5-15,17-19H,4,16H2,1-3H3. The fourth-order valence-corrected chi connectivity index (χ4v) is 5.36. The first kappa shape index (κ1) is 25.5. The van der Waals surface area contributed by atoms with Crippen LogP contribution in [0.5, 0.6) is 11.5 Å². The zero-order valence-electron chi connectivity index (χ0n) is 22.4. The van der Waals surface area contributed by atoms with E-state index in [9.17, 15) is 4.79 Å². The van der Waals surface area contributed by atoms with Crippen LogP contribution in [-0.4, -0.2) is 38.1 Å². The summed E-state index contributed by atoms with van der Waals surface area (Å²) in [6.07, 6.45) is 4.77. The highest BCUT2D eigenvalue weighted by Crippen LogP contribution is 2.30. The van der Waals surface area contributed by atoms with Crippen LogP contribution < -0.4 is 19.6 Å². The molecule has 0 spiro atoms. The molecule has 0 aliphatic carbocycles. The van der Waals surface area contributed by atoms with E-state index in [-0.39, 0.29) is 5.56 Å². The number of hydrogen-bond acceptors (Lipinski definition) is 7. The van der Waals surface area contributed by atoms with E-state index in [4.69, 9.17) is 14.6 Å². The second-order valence-electron chi connectivity index (χ2n) is 9.31. The summed E-state index contributed by atoms with van der Waals surface area (Å²) in [6, 6.07) is 23.4. The number of thiazole rings is 1. The van der Waals surface area contributed by atoms with Crippen molar-refractivity contribution in [2.75, 3.05) is 13.7 Å². The van der Waals surface area contributed by atoms with Crippen molar-refractivity contribution in [3.63, 3.8) is 0 Å². The van der Waals surface area contributed by atoms with Gasteiger partial charge in [0.05, 0.1) is 23.9 Å². The van der Waals surface area contributed by atoms with Crippen LogP contribution in [0.2, 0.25) is 0 Å². The van der Waals surface area contributed by atoms with Crippen molar-refractivity contribution in [3.8, 4) is 39.8 Å². The van der Waals surface area contributed by atoms with Gasteiger partial charge in [-0.3, -0.25) is 4.79 Å². The molecular formula is C31H27N5O3S. The van der Waals surface area contributed by atoms with Gasteiger partial charge in [-0.25, -0.2) is 4.68 Å². The van der Waals surface area contributed by atoms with Crippen LogP contribution in [0.3, 0.4) is 0 Å². The van der Waals surface area contributed by atoms with Gasteiger partial charge >= 0.3 is 0 Å². The third kappa shape index (κ3) is 4.87. The molecule has 0 aliphatic heterocycles. The van der Waals surface area contributed by atoms with Gasteiger partial charge in [-0.15, -0.1) is 5.10 Å². The maximum absolute atomic E-state index is 13.4. The lowest BCUT2D eigenvalue weighted by atomic mass is 10.0. The quantitative estimate of drug-likeness (QED) is 0.255. The van der Waals surface area contributed by atoms with Crippen molar-refractivity contribution in [2.24, 2.45) is 0 Å². The van der Waals surface area contributed by atoms with Crippen molar-refractivity contribution in [1.29, 1.82) is 0 Å². The smallest absolute Gasteiger partial charge is 0.291 e. The topological polar surface area (TPSA) is 83.5 Å². The van der Waals surface area contributed by atoms with Gasteiger partial charge in [-0.2, -0.15) is 14.6 Å². The second-order valence-corrected chi connectivity index (χ2v) is 10.3. The monoisotopic (exact) mass is 549 g/mol. The molecule has 9 heteroatoms. The van der Waals surface area contributed by atoms with E-state index in [0.717, 1.165) is 51.6 Å². The maximum Gasteiger partial charge on any atom is 0.291 e. The van der Waals surface area contributed by atoms with Gasteiger partial charge in [0.15, 0.2) is 5.82 Å². The number of aromatic nitrogens is 5. The summed E-state index contributed by atoms with van der Waals surface area (Å²) in [7, 11) is 1.62. The molecule has 0 unspecified atom stereocenters. The zero-order chi connectivity index (χ0) is 27.6. The van der Waals surface area contributed by atoms with Gasteiger partial charge in [-0.05, 0) is 79.6 Å². The van der Waals surface area contributed by atoms with E-state index < -0.39 is 0 Å². The van der Waals surface area contributed by atoms with Gasteiger partial charge < -0.3 is 9.47 Å². The first-order chi connectivity index (χ1) is 19.5. The molecule has 6 rings (SSSR count). The number of ether oxygens (including phenoxy) is 2. The van der Waals surface area contributed by atoms with E-state index in [1.165, 1.54) is 15.9 Å². The third-order valence-electron chi connectivity index (χ3n) is 6.51. The summed E-state index contributed by atoms with van der Waals surface area (Å²) < 4.78 is 14.8. The van der Waals surface area contributed by atoms with Crippen LogP contribution >= 0.6 is 11.3 Å². The van der Waals surface area contributed by atoms with Crippen molar-refractivity contribution in [2.45, 2.75) is 20.3 Å². The molecule has 0 saturated heterocycles. The van der Waals surface area contributed by atoms with Gasteiger partial charge in [0.1, 0.15) is 17.2 Å².